The molecule has 2 N–H and O–H groups in total. The molecule has 2 aliphatic heterocycles. The summed E-state index contributed by atoms with van der Waals surface area (Å²) in [6.45, 7) is 6.23. The predicted molar refractivity (Wildman–Crippen MR) is 122 cm³/mol. The van der Waals surface area contributed by atoms with E-state index in [9.17, 15) is 24.3 Å². The van der Waals surface area contributed by atoms with Gasteiger partial charge in [-0.2, -0.15) is 0 Å². The maximum Gasteiger partial charge on any atom is 0.331 e. The highest BCUT2D eigenvalue weighted by atomic mass is 16.4. The van der Waals surface area contributed by atoms with Crippen LogP contribution in [0.4, 0.5) is 4.79 Å². The number of carbonyl (C=O) groups excluding carboxylic acids is 3. The number of amides is 4. The van der Waals surface area contributed by atoms with Crippen LogP contribution in [-0.4, -0.2) is 62.9 Å². The van der Waals surface area contributed by atoms with E-state index >= 15 is 0 Å². The molecule has 33 heavy (non-hydrogen) atoms. The highest BCUT2D eigenvalue weighted by Crippen LogP contribution is 2.40. The third kappa shape index (κ3) is 4.46. The van der Waals surface area contributed by atoms with Crippen molar-refractivity contribution < 1.29 is 24.3 Å². The SMILES string of the molecule is CC1CCCCC1N1C(=O)NC(=O)/C(=C\C2CC(C)N(C3CCCCC3C(=O)O)C2C)C1=O. The number of nitrogens with one attached hydrogen (secondary N) is 1. The van der Waals surface area contributed by atoms with Gasteiger partial charge in [0.05, 0.1) is 5.92 Å². The number of hydrogen-bond donors (Lipinski definition) is 2. The minimum absolute atomic E-state index is 0.0118. The Balaban J connectivity index is 1.57. The molecule has 4 aliphatic rings. The van der Waals surface area contributed by atoms with Crippen molar-refractivity contribution >= 4 is 23.8 Å². The van der Waals surface area contributed by atoms with Crippen molar-refractivity contribution in [2.45, 2.75) is 103 Å². The molecule has 2 heterocycles. The number of likely N-dealkylation sites (tertiary alicyclic amines) is 1. The van der Waals surface area contributed by atoms with Crippen LogP contribution in [0.5, 0.6) is 0 Å². The Labute approximate surface area is 195 Å². The van der Waals surface area contributed by atoms with Crippen molar-refractivity contribution in [3.05, 3.63) is 11.6 Å². The summed E-state index contributed by atoms with van der Waals surface area (Å²) in [6, 6.07) is -0.649. The third-order valence-electron chi connectivity index (χ3n) is 8.55. The fourth-order valence-corrected chi connectivity index (χ4v) is 6.81. The van der Waals surface area contributed by atoms with Crippen LogP contribution in [0.2, 0.25) is 0 Å². The minimum atomic E-state index is -0.738. The van der Waals surface area contributed by atoms with Gasteiger partial charge in [-0.1, -0.05) is 38.7 Å². The molecule has 0 spiro atoms. The van der Waals surface area contributed by atoms with Gasteiger partial charge in [-0.15, -0.1) is 0 Å². The second kappa shape index (κ2) is 9.57. The molecule has 0 radical (unpaired) electrons. The zero-order valence-corrected chi connectivity index (χ0v) is 20.0. The standard InChI is InChI=1S/C25H37N3O5/c1-14-8-4-6-10-20(14)28-23(30)19(22(29)26-25(28)33)13-17-12-15(2)27(16(17)3)21-11-7-5-9-18(21)24(31)32/h13-18,20-21H,4-12H2,1-3H3,(H,31,32)(H,26,29,33)/b19-13+. The van der Waals surface area contributed by atoms with Gasteiger partial charge >= 0.3 is 12.0 Å². The Morgan fingerprint density at radius 3 is 2.27 bits per heavy atom. The molecule has 4 rings (SSSR count). The van der Waals surface area contributed by atoms with Crippen LogP contribution in [0.3, 0.4) is 0 Å². The number of aliphatic carboxylic acids is 1. The largest absolute Gasteiger partial charge is 0.481 e. The van der Waals surface area contributed by atoms with Crippen molar-refractivity contribution in [1.82, 2.24) is 15.1 Å². The predicted octanol–water partition coefficient (Wildman–Crippen LogP) is 3.31. The Hall–Kier alpha value is -2.22. The van der Waals surface area contributed by atoms with Gasteiger partial charge in [-0.25, -0.2) is 4.79 Å². The monoisotopic (exact) mass is 459 g/mol. The lowest BCUT2D eigenvalue weighted by Crippen LogP contribution is -2.59. The van der Waals surface area contributed by atoms with Gasteiger partial charge < -0.3 is 5.11 Å². The van der Waals surface area contributed by atoms with E-state index in [1.807, 2.05) is 0 Å². The first-order valence-corrected chi connectivity index (χ1v) is 12.6. The maximum atomic E-state index is 13.4. The molecule has 2 aliphatic carbocycles. The highest BCUT2D eigenvalue weighted by Gasteiger charge is 2.47. The average Bonchev–Trinajstić information content (AvgIpc) is 3.05. The maximum absolute atomic E-state index is 13.4. The first-order valence-electron chi connectivity index (χ1n) is 12.6. The number of barbiturate groups is 1. The molecule has 8 heteroatoms. The summed E-state index contributed by atoms with van der Waals surface area (Å²) in [5.74, 6) is -2.07. The van der Waals surface area contributed by atoms with E-state index in [-0.39, 0.29) is 47.5 Å². The topological polar surface area (TPSA) is 107 Å². The number of nitrogens with zero attached hydrogens (tertiary/aromatic N) is 2. The zero-order chi connectivity index (χ0) is 23.9. The van der Waals surface area contributed by atoms with E-state index in [0.717, 1.165) is 51.4 Å². The fourth-order valence-electron chi connectivity index (χ4n) is 6.81. The summed E-state index contributed by atoms with van der Waals surface area (Å²) in [7, 11) is 0. The Morgan fingerprint density at radius 1 is 0.970 bits per heavy atom. The second-order valence-corrected chi connectivity index (χ2v) is 10.6. The van der Waals surface area contributed by atoms with Crippen LogP contribution >= 0.6 is 0 Å². The third-order valence-corrected chi connectivity index (χ3v) is 8.55. The Bertz CT molecular complexity index is 855. The summed E-state index contributed by atoms with van der Waals surface area (Å²) in [5.41, 5.74) is 0.0525. The number of carboxylic acids is 1. The molecule has 182 valence electrons. The lowest BCUT2D eigenvalue weighted by molar-refractivity contribution is -0.146. The van der Waals surface area contributed by atoms with Gasteiger partial charge in [-0.3, -0.25) is 29.5 Å². The smallest absolute Gasteiger partial charge is 0.331 e. The molecule has 0 aromatic carbocycles. The molecule has 4 fully saturated rings. The van der Waals surface area contributed by atoms with E-state index in [1.165, 1.54) is 4.90 Å². The van der Waals surface area contributed by atoms with Crippen LogP contribution in [0.15, 0.2) is 11.6 Å². The van der Waals surface area contributed by atoms with Gasteiger partial charge in [0.25, 0.3) is 11.8 Å². The van der Waals surface area contributed by atoms with Gasteiger partial charge in [0.15, 0.2) is 0 Å². The van der Waals surface area contributed by atoms with Crippen LogP contribution in [0.25, 0.3) is 0 Å². The number of carbonyl (C=O) groups is 4. The van der Waals surface area contributed by atoms with Gasteiger partial charge in [-0.05, 0) is 57.8 Å². The van der Waals surface area contributed by atoms with Crippen LogP contribution in [0, 0.1) is 17.8 Å². The van der Waals surface area contributed by atoms with E-state index in [0.29, 0.717) is 6.42 Å². The molecule has 0 aromatic heterocycles. The first kappa shape index (κ1) is 23.9. The average molecular weight is 460 g/mol. The molecular formula is C25H37N3O5. The lowest BCUT2D eigenvalue weighted by Gasteiger charge is -2.41. The first-order chi connectivity index (χ1) is 15.7. The molecule has 2 saturated carbocycles. The van der Waals surface area contributed by atoms with Gasteiger partial charge in [0.2, 0.25) is 0 Å². The molecule has 0 bridgehead atoms. The molecular weight excluding hydrogens is 422 g/mol. The normalized spacial score (nSPS) is 39.7. The summed E-state index contributed by atoms with van der Waals surface area (Å²) < 4.78 is 0. The van der Waals surface area contributed by atoms with Crippen LogP contribution in [-0.2, 0) is 14.4 Å². The molecule has 7 atom stereocenters. The lowest BCUT2D eigenvalue weighted by atomic mass is 9.82. The Morgan fingerprint density at radius 2 is 1.61 bits per heavy atom. The van der Waals surface area contributed by atoms with Crippen molar-refractivity contribution in [3.63, 3.8) is 0 Å². The molecule has 2 saturated heterocycles. The number of rotatable bonds is 4. The summed E-state index contributed by atoms with van der Waals surface area (Å²) in [6.07, 6.45) is 9.81. The van der Waals surface area contributed by atoms with Crippen molar-refractivity contribution in [2.24, 2.45) is 17.8 Å². The number of carboxylic acid groups (broad SMARTS) is 1. The van der Waals surface area contributed by atoms with Crippen LogP contribution < -0.4 is 5.32 Å². The van der Waals surface area contributed by atoms with E-state index < -0.39 is 23.8 Å². The Kier molecular flexibility index (Phi) is 6.93. The van der Waals surface area contributed by atoms with Crippen molar-refractivity contribution in [1.29, 1.82) is 0 Å². The number of imide groups is 2. The molecule has 8 nitrogen and oxygen atoms in total. The van der Waals surface area contributed by atoms with E-state index in [1.54, 1.807) is 6.08 Å². The van der Waals surface area contributed by atoms with Gasteiger partial charge in [0, 0.05) is 24.2 Å². The van der Waals surface area contributed by atoms with Gasteiger partial charge in [0.1, 0.15) is 5.57 Å². The summed E-state index contributed by atoms with van der Waals surface area (Å²) >= 11 is 0. The molecule has 7 unspecified atom stereocenters. The second-order valence-electron chi connectivity index (χ2n) is 10.6. The quantitative estimate of drug-likeness (QED) is 0.493. The highest BCUT2D eigenvalue weighted by molar-refractivity contribution is 6.28. The summed E-state index contributed by atoms with van der Waals surface area (Å²) in [5, 5.41) is 12.2. The van der Waals surface area contributed by atoms with Crippen molar-refractivity contribution in [3.8, 4) is 0 Å². The van der Waals surface area contributed by atoms with Crippen LogP contribution in [0.1, 0.15) is 78.6 Å². The molecule has 0 aromatic rings. The minimum Gasteiger partial charge on any atom is -0.481 e. The molecule has 4 amide bonds. The van der Waals surface area contributed by atoms with Crippen molar-refractivity contribution in [2.75, 3.05) is 0 Å². The number of hydrogen-bond acceptors (Lipinski definition) is 5. The van der Waals surface area contributed by atoms with E-state index in [2.05, 4.69) is 31.0 Å². The fraction of sp³-hybridized carbons (Fsp3) is 0.760. The summed E-state index contributed by atoms with van der Waals surface area (Å²) in [4.78, 5) is 54.1. The number of urea groups is 1. The zero-order valence-electron chi connectivity index (χ0n) is 20.0. The van der Waals surface area contributed by atoms with E-state index in [4.69, 9.17) is 0 Å².